The molecule has 4 N–H and O–H groups in total. The van der Waals surface area contributed by atoms with E-state index in [1.807, 2.05) is 0 Å². The lowest BCUT2D eigenvalue weighted by molar-refractivity contribution is -0.123. The third-order valence-electron chi connectivity index (χ3n) is 2.31. The molecule has 20 heavy (non-hydrogen) atoms. The van der Waals surface area contributed by atoms with E-state index in [9.17, 15) is 9.59 Å². The van der Waals surface area contributed by atoms with Crippen LogP contribution in [-0.4, -0.2) is 39.1 Å². The molecule has 0 spiro atoms. The van der Waals surface area contributed by atoms with Crippen LogP contribution in [0.3, 0.4) is 0 Å². The van der Waals surface area contributed by atoms with Gasteiger partial charge in [-0.05, 0) is 12.1 Å². The van der Waals surface area contributed by atoms with E-state index in [4.69, 9.17) is 15.2 Å². The first-order valence-electron chi connectivity index (χ1n) is 5.59. The van der Waals surface area contributed by atoms with Crippen molar-refractivity contribution in [2.45, 2.75) is 0 Å². The van der Waals surface area contributed by atoms with Crippen LogP contribution in [0.1, 0.15) is 0 Å². The number of nitrogens with two attached hydrogens (primary N) is 1. The first-order chi connectivity index (χ1) is 9.10. The number of carbonyl (C=O) groups excluding carboxylic acids is 2. The lowest BCUT2D eigenvalue weighted by atomic mass is 10.2. The van der Waals surface area contributed by atoms with E-state index in [2.05, 4.69) is 10.6 Å². The molecule has 0 aliphatic rings. The van der Waals surface area contributed by atoms with E-state index < -0.39 is 5.91 Å². The molecule has 0 saturated carbocycles. The van der Waals surface area contributed by atoms with E-state index in [-0.39, 0.29) is 31.4 Å². The Hall–Kier alpha value is -1.99. The van der Waals surface area contributed by atoms with Gasteiger partial charge in [0.1, 0.15) is 11.5 Å². The van der Waals surface area contributed by atoms with Gasteiger partial charge in [0, 0.05) is 6.07 Å². The molecular weight excluding hydrogens is 286 g/mol. The zero-order chi connectivity index (χ0) is 14.3. The number of amides is 2. The molecule has 0 fully saturated rings. The summed E-state index contributed by atoms with van der Waals surface area (Å²) < 4.78 is 10.2. The fourth-order valence-corrected chi connectivity index (χ4v) is 1.35. The third kappa shape index (κ3) is 5.33. The molecule has 0 bridgehead atoms. The number of carbonyl (C=O) groups is 2. The van der Waals surface area contributed by atoms with Crippen LogP contribution >= 0.6 is 12.4 Å². The maximum Gasteiger partial charge on any atom is 0.243 e. The molecule has 7 nitrogen and oxygen atoms in total. The van der Waals surface area contributed by atoms with Crippen LogP contribution in [0, 0.1) is 0 Å². The number of methoxy groups -OCH3 is 2. The van der Waals surface area contributed by atoms with Gasteiger partial charge >= 0.3 is 0 Å². The van der Waals surface area contributed by atoms with Crippen molar-refractivity contribution in [1.29, 1.82) is 0 Å². The van der Waals surface area contributed by atoms with Crippen molar-refractivity contribution >= 4 is 29.9 Å². The highest BCUT2D eigenvalue weighted by Gasteiger charge is 2.09. The number of benzene rings is 1. The average molecular weight is 304 g/mol. The predicted molar refractivity (Wildman–Crippen MR) is 77.5 cm³/mol. The van der Waals surface area contributed by atoms with Crippen molar-refractivity contribution in [3.63, 3.8) is 0 Å². The highest BCUT2D eigenvalue weighted by atomic mass is 35.5. The number of hydrogen-bond acceptors (Lipinski definition) is 5. The molecule has 1 aromatic rings. The van der Waals surface area contributed by atoms with E-state index in [0.717, 1.165) is 0 Å². The van der Waals surface area contributed by atoms with Crippen LogP contribution in [-0.2, 0) is 9.59 Å². The fraction of sp³-hybridized carbons (Fsp3) is 0.333. The van der Waals surface area contributed by atoms with E-state index >= 15 is 0 Å². The number of anilines is 1. The smallest absolute Gasteiger partial charge is 0.243 e. The van der Waals surface area contributed by atoms with Crippen LogP contribution in [0.2, 0.25) is 0 Å². The van der Waals surface area contributed by atoms with Crippen molar-refractivity contribution in [2.75, 3.05) is 32.6 Å². The van der Waals surface area contributed by atoms with Gasteiger partial charge in [-0.25, -0.2) is 0 Å². The minimum atomic E-state index is -0.392. The highest BCUT2D eigenvalue weighted by Crippen LogP contribution is 2.28. The van der Waals surface area contributed by atoms with Crippen LogP contribution in [0.4, 0.5) is 5.69 Å². The Bertz CT molecular complexity index is 468. The first kappa shape index (κ1) is 18.0. The summed E-state index contributed by atoms with van der Waals surface area (Å²) in [6, 6.07) is 4.99. The van der Waals surface area contributed by atoms with Crippen LogP contribution in [0.25, 0.3) is 0 Å². The van der Waals surface area contributed by atoms with Gasteiger partial charge in [-0.3, -0.25) is 9.59 Å². The van der Waals surface area contributed by atoms with Crippen molar-refractivity contribution in [1.82, 2.24) is 5.32 Å². The van der Waals surface area contributed by atoms with Gasteiger partial charge in [-0.15, -0.1) is 12.4 Å². The Morgan fingerprint density at radius 1 is 1.20 bits per heavy atom. The lowest BCUT2D eigenvalue weighted by Gasteiger charge is -2.11. The Morgan fingerprint density at radius 3 is 2.45 bits per heavy atom. The minimum Gasteiger partial charge on any atom is -0.497 e. The summed E-state index contributed by atoms with van der Waals surface area (Å²) in [5.41, 5.74) is 5.61. The summed E-state index contributed by atoms with van der Waals surface area (Å²) in [5, 5.41) is 4.99. The normalized spacial score (nSPS) is 9.15. The first-order valence-corrected chi connectivity index (χ1v) is 5.59. The molecule has 0 aliphatic heterocycles. The third-order valence-corrected chi connectivity index (χ3v) is 2.31. The quantitative estimate of drug-likeness (QED) is 0.693. The predicted octanol–water partition coefficient (Wildman–Crippen LogP) is 0.139. The summed E-state index contributed by atoms with van der Waals surface area (Å²) >= 11 is 0. The minimum absolute atomic E-state index is 0. The molecule has 0 radical (unpaired) electrons. The topological polar surface area (TPSA) is 103 Å². The average Bonchev–Trinajstić information content (AvgIpc) is 2.45. The molecule has 0 aliphatic carbocycles. The standard InChI is InChI=1S/C12H17N3O4.ClH/c1-18-8-3-4-9(10(5-8)19-2)15-12(17)7-14-11(16)6-13;/h3-5H,6-7,13H2,1-2H3,(H,14,16)(H,15,17);1H. The second kappa shape index (κ2) is 9.00. The molecule has 0 aromatic heterocycles. The van der Waals surface area contributed by atoms with Crippen LogP contribution in [0.15, 0.2) is 18.2 Å². The molecule has 0 heterocycles. The Balaban J connectivity index is 0.00000361. The maximum absolute atomic E-state index is 11.6. The monoisotopic (exact) mass is 303 g/mol. The molecule has 8 heteroatoms. The van der Waals surface area contributed by atoms with Crippen molar-refractivity contribution in [3.05, 3.63) is 18.2 Å². The van der Waals surface area contributed by atoms with E-state index in [1.54, 1.807) is 18.2 Å². The van der Waals surface area contributed by atoms with E-state index in [0.29, 0.717) is 17.2 Å². The van der Waals surface area contributed by atoms with Gasteiger partial charge in [0.2, 0.25) is 11.8 Å². The Kier molecular flexibility index (Phi) is 8.10. The fourth-order valence-electron chi connectivity index (χ4n) is 1.35. The molecule has 2 amide bonds. The van der Waals surface area contributed by atoms with Crippen LogP contribution in [0.5, 0.6) is 11.5 Å². The number of hydrogen-bond donors (Lipinski definition) is 3. The summed E-state index contributed by atoms with van der Waals surface area (Å²) in [7, 11) is 3.02. The van der Waals surface area contributed by atoms with Gasteiger partial charge < -0.3 is 25.8 Å². The molecule has 0 unspecified atom stereocenters. The number of halogens is 1. The molecular formula is C12H18ClN3O4. The summed E-state index contributed by atoms with van der Waals surface area (Å²) in [6.45, 7) is -0.301. The zero-order valence-corrected chi connectivity index (χ0v) is 12.1. The second-order valence-electron chi connectivity index (χ2n) is 3.60. The van der Waals surface area contributed by atoms with Crippen molar-refractivity contribution in [2.24, 2.45) is 5.73 Å². The number of ether oxygens (including phenoxy) is 2. The summed E-state index contributed by atoms with van der Waals surface area (Å²) in [4.78, 5) is 22.5. The number of nitrogens with one attached hydrogen (secondary N) is 2. The van der Waals surface area contributed by atoms with Crippen molar-refractivity contribution in [3.8, 4) is 11.5 Å². The molecule has 1 rings (SSSR count). The van der Waals surface area contributed by atoms with Gasteiger partial charge in [0.25, 0.3) is 0 Å². The summed E-state index contributed by atoms with van der Waals surface area (Å²) in [6.07, 6.45) is 0. The van der Waals surface area contributed by atoms with Gasteiger partial charge in [0.15, 0.2) is 0 Å². The lowest BCUT2D eigenvalue weighted by Crippen LogP contribution is -2.36. The SMILES string of the molecule is COc1ccc(NC(=O)CNC(=O)CN)c(OC)c1.Cl. The number of rotatable bonds is 6. The van der Waals surface area contributed by atoms with Gasteiger partial charge in [0.05, 0.1) is 33.0 Å². The Labute approximate surface area is 123 Å². The zero-order valence-electron chi connectivity index (χ0n) is 11.3. The molecule has 112 valence electrons. The van der Waals surface area contributed by atoms with E-state index in [1.165, 1.54) is 14.2 Å². The molecule has 1 aromatic carbocycles. The van der Waals surface area contributed by atoms with Gasteiger partial charge in [-0.2, -0.15) is 0 Å². The summed E-state index contributed by atoms with van der Waals surface area (Å²) in [5.74, 6) is 0.325. The van der Waals surface area contributed by atoms with Gasteiger partial charge in [-0.1, -0.05) is 0 Å². The van der Waals surface area contributed by atoms with Crippen LogP contribution < -0.4 is 25.8 Å². The maximum atomic E-state index is 11.6. The largest absolute Gasteiger partial charge is 0.497 e. The second-order valence-corrected chi connectivity index (χ2v) is 3.60. The van der Waals surface area contributed by atoms with Crippen molar-refractivity contribution < 1.29 is 19.1 Å². The highest BCUT2D eigenvalue weighted by molar-refractivity contribution is 5.95. The molecule has 0 atom stereocenters. The Morgan fingerprint density at radius 2 is 1.90 bits per heavy atom. The molecule has 0 saturated heterocycles.